The molecule has 0 bridgehead atoms. The number of nitrogens with one attached hydrogen (secondary N) is 1. The Kier molecular flexibility index (Phi) is 7.16. The third-order valence-electron chi connectivity index (χ3n) is 5.59. The second kappa shape index (κ2) is 10.3. The molecule has 1 fully saturated rings. The van der Waals surface area contributed by atoms with E-state index in [-0.39, 0.29) is 10.5 Å². The molecule has 0 unspecified atom stereocenters. The number of hydrogen-bond donors (Lipinski definition) is 1. The number of amides is 1. The Bertz CT molecular complexity index is 1190. The molecule has 0 atom stereocenters. The summed E-state index contributed by atoms with van der Waals surface area (Å²) in [7, 11) is -0.777. The molecule has 0 aliphatic carbocycles. The topological polar surface area (TPSA) is 82.2 Å². The fraction of sp³-hybridized carbons (Fsp3) is 0.240. The van der Waals surface area contributed by atoms with E-state index < -0.39 is 15.9 Å². The zero-order chi connectivity index (χ0) is 24.1. The van der Waals surface area contributed by atoms with Gasteiger partial charge in [-0.05, 0) is 42.5 Å². The molecule has 1 N–H and O–H groups in total. The number of morpholine rings is 1. The van der Waals surface area contributed by atoms with Gasteiger partial charge in [0.2, 0.25) is 10.0 Å². The Morgan fingerprint density at radius 3 is 1.97 bits per heavy atom. The van der Waals surface area contributed by atoms with Crippen molar-refractivity contribution in [2.24, 2.45) is 0 Å². The minimum absolute atomic E-state index is 0.0608. The monoisotopic (exact) mass is 480 g/mol. The number of sulfonamides is 1. The van der Waals surface area contributed by atoms with E-state index in [0.717, 1.165) is 15.7 Å². The molecule has 3 aromatic rings. The maximum absolute atomic E-state index is 13.7. The Morgan fingerprint density at radius 1 is 0.882 bits per heavy atom. The number of hydrogen-bond acceptors (Lipinski definition) is 6. The second-order valence-electron chi connectivity index (χ2n) is 8.01. The lowest BCUT2D eigenvalue weighted by molar-refractivity contribution is 0.0952. The first-order valence-corrected chi connectivity index (χ1v) is 12.4. The molecule has 1 heterocycles. The third kappa shape index (κ3) is 5.06. The molecule has 1 aliphatic rings. The van der Waals surface area contributed by atoms with Gasteiger partial charge >= 0.3 is 0 Å². The van der Waals surface area contributed by atoms with Crippen molar-refractivity contribution in [3.63, 3.8) is 0 Å². The summed E-state index contributed by atoms with van der Waals surface area (Å²) in [5, 5.41) is 1.69. The molecule has 9 heteroatoms. The lowest BCUT2D eigenvalue weighted by Gasteiger charge is -2.31. The van der Waals surface area contributed by atoms with Crippen LogP contribution < -0.4 is 15.3 Å². The van der Waals surface area contributed by atoms with Gasteiger partial charge in [-0.1, -0.05) is 36.4 Å². The smallest absolute Gasteiger partial charge is 0.272 e. The van der Waals surface area contributed by atoms with Crippen LogP contribution >= 0.6 is 0 Å². The normalized spacial score (nSPS) is 14.1. The highest BCUT2D eigenvalue weighted by Crippen LogP contribution is 2.28. The SMILES string of the molecule is CN(C)S(=O)(=O)c1ccc(N2CCOCC2)c(C(=O)NN(c2ccccc2)c2ccccc2)c1. The Labute approximate surface area is 200 Å². The van der Waals surface area contributed by atoms with E-state index in [1.807, 2.05) is 65.6 Å². The lowest BCUT2D eigenvalue weighted by Crippen LogP contribution is -2.41. The number of carbonyl (C=O) groups excluding carboxylic acids is 1. The molecule has 0 saturated carbocycles. The van der Waals surface area contributed by atoms with Crippen molar-refractivity contribution >= 4 is 33.0 Å². The molecule has 3 aromatic carbocycles. The number of para-hydroxylation sites is 2. The van der Waals surface area contributed by atoms with Crippen molar-refractivity contribution in [2.75, 3.05) is 50.3 Å². The standard InChI is InChI=1S/C25H28N4O4S/c1-27(2)34(31,32)22-13-14-24(28-15-17-33-18-16-28)23(19-22)25(30)26-29(20-9-5-3-6-10-20)21-11-7-4-8-12-21/h3-14,19H,15-18H2,1-2H3,(H,26,30). The van der Waals surface area contributed by atoms with Crippen LogP contribution in [-0.2, 0) is 14.8 Å². The van der Waals surface area contributed by atoms with Crippen LogP contribution in [0.2, 0.25) is 0 Å². The average Bonchev–Trinajstić information content (AvgIpc) is 2.88. The average molecular weight is 481 g/mol. The summed E-state index contributed by atoms with van der Waals surface area (Å²) in [6.07, 6.45) is 0. The van der Waals surface area contributed by atoms with Gasteiger partial charge in [0.15, 0.2) is 0 Å². The molecule has 0 spiro atoms. The highest BCUT2D eigenvalue weighted by atomic mass is 32.2. The van der Waals surface area contributed by atoms with Crippen molar-refractivity contribution in [2.45, 2.75) is 4.90 Å². The summed E-state index contributed by atoms with van der Waals surface area (Å²) < 4.78 is 32.2. The Morgan fingerprint density at radius 2 is 1.44 bits per heavy atom. The number of ether oxygens (including phenoxy) is 1. The van der Waals surface area contributed by atoms with Crippen molar-refractivity contribution in [1.82, 2.24) is 9.73 Å². The zero-order valence-corrected chi connectivity index (χ0v) is 20.0. The summed E-state index contributed by atoms with van der Waals surface area (Å²) in [6, 6.07) is 23.6. The van der Waals surface area contributed by atoms with E-state index in [1.54, 1.807) is 17.1 Å². The van der Waals surface area contributed by atoms with Crippen LogP contribution in [0.1, 0.15) is 10.4 Å². The largest absolute Gasteiger partial charge is 0.378 e. The van der Waals surface area contributed by atoms with Gasteiger partial charge in [-0.2, -0.15) is 0 Å². The van der Waals surface area contributed by atoms with E-state index in [9.17, 15) is 13.2 Å². The van der Waals surface area contributed by atoms with E-state index in [4.69, 9.17) is 4.74 Å². The van der Waals surface area contributed by atoms with E-state index in [2.05, 4.69) is 5.43 Å². The predicted octanol–water partition coefficient (Wildman–Crippen LogP) is 3.26. The maximum Gasteiger partial charge on any atom is 0.272 e. The van der Waals surface area contributed by atoms with Crippen molar-refractivity contribution < 1.29 is 17.9 Å². The molecule has 0 aromatic heterocycles. The number of benzene rings is 3. The molecule has 1 saturated heterocycles. The van der Waals surface area contributed by atoms with Crippen LogP contribution in [0.4, 0.5) is 17.1 Å². The van der Waals surface area contributed by atoms with Crippen LogP contribution in [0.25, 0.3) is 0 Å². The fourth-order valence-corrected chi connectivity index (χ4v) is 4.67. The van der Waals surface area contributed by atoms with Gasteiger partial charge in [0.1, 0.15) is 0 Å². The van der Waals surface area contributed by atoms with Gasteiger partial charge in [0.05, 0.1) is 35.0 Å². The lowest BCUT2D eigenvalue weighted by atomic mass is 10.1. The number of carbonyl (C=O) groups is 1. The van der Waals surface area contributed by atoms with Gasteiger partial charge in [-0.15, -0.1) is 0 Å². The summed E-state index contributed by atoms with van der Waals surface area (Å²) in [5.41, 5.74) is 5.47. The van der Waals surface area contributed by atoms with Crippen molar-refractivity contribution in [3.05, 3.63) is 84.4 Å². The quantitative estimate of drug-likeness (QED) is 0.523. The summed E-state index contributed by atoms with van der Waals surface area (Å²) in [4.78, 5) is 15.8. The molecule has 34 heavy (non-hydrogen) atoms. The van der Waals surface area contributed by atoms with Crippen LogP contribution in [-0.4, -0.2) is 59.0 Å². The first-order valence-electron chi connectivity index (χ1n) is 11.0. The Balaban J connectivity index is 1.76. The molecule has 1 amide bonds. The summed E-state index contributed by atoms with van der Waals surface area (Å²) in [6.45, 7) is 2.31. The maximum atomic E-state index is 13.7. The van der Waals surface area contributed by atoms with E-state index in [1.165, 1.54) is 20.2 Å². The third-order valence-corrected chi connectivity index (χ3v) is 7.40. The Hall–Kier alpha value is -3.40. The second-order valence-corrected chi connectivity index (χ2v) is 10.2. The van der Waals surface area contributed by atoms with E-state index >= 15 is 0 Å². The number of anilines is 3. The molecule has 4 rings (SSSR count). The predicted molar refractivity (Wildman–Crippen MR) is 133 cm³/mol. The van der Waals surface area contributed by atoms with Crippen LogP contribution in [0.15, 0.2) is 83.8 Å². The minimum atomic E-state index is -3.72. The van der Waals surface area contributed by atoms with Crippen LogP contribution in [0.5, 0.6) is 0 Å². The summed E-state index contributed by atoms with van der Waals surface area (Å²) in [5.74, 6) is -0.412. The molecular weight excluding hydrogens is 452 g/mol. The van der Waals surface area contributed by atoms with Crippen LogP contribution in [0, 0.1) is 0 Å². The highest BCUT2D eigenvalue weighted by molar-refractivity contribution is 7.89. The van der Waals surface area contributed by atoms with Gasteiger partial charge in [0, 0.05) is 32.9 Å². The number of rotatable bonds is 7. The molecule has 178 valence electrons. The van der Waals surface area contributed by atoms with Crippen molar-refractivity contribution in [3.8, 4) is 0 Å². The van der Waals surface area contributed by atoms with Crippen LogP contribution in [0.3, 0.4) is 0 Å². The van der Waals surface area contributed by atoms with Gasteiger partial charge < -0.3 is 9.64 Å². The molecule has 8 nitrogen and oxygen atoms in total. The minimum Gasteiger partial charge on any atom is -0.378 e. The first-order chi connectivity index (χ1) is 16.4. The van der Waals surface area contributed by atoms with Gasteiger partial charge in [-0.25, -0.2) is 12.7 Å². The number of hydrazine groups is 1. The van der Waals surface area contributed by atoms with Crippen molar-refractivity contribution in [1.29, 1.82) is 0 Å². The molecular formula is C25H28N4O4S. The molecule has 0 radical (unpaired) electrons. The fourth-order valence-electron chi connectivity index (χ4n) is 3.74. The van der Waals surface area contributed by atoms with E-state index in [0.29, 0.717) is 32.0 Å². The van der Waals surface area contributed by atoms with Gasteiger partial charge in [0.25, 0.3) is 5.91 Å². The van der Waals surface area contributed by atoms with Gasteiger partial charge in [-0.3, -0.25) is 15.2 Å². The first kappa shape index (κ1) is 23.7. The zero-order valence-electron chi connectivity index (χ0n) is 19.2. The molecule has 1 aliphatic heterocycles. The number of nitrogens with zero attached hydrogens (tertiary/aromatic N) is 3. The highest BCUT2D eigenvalue weighted by Gasteiger charge is 2.25. The summed E-state index contributed by atoms with van der Waals surface area (Å²) >= 11 is 0.